The molecule has 0 bridgehead atoms. The van der Waals surface area contributed by atoms with Gasteiger partial charge in [-0.25, -0.2) is 9.37 Å². The molecule has 7 heteroatoms. The molecule has 0 saturated heterocycles. The molecule has 1 atom stereocenters. The molecule has 0 aliphatic carbocycles. The third-order valence-electron chi connectivity index (χ3n) is 2.68. The highest BCUT2D eigenvalue weighted by Crippen LogP contribution is 2.29. The van der Waals surface area contributed by atoms with E-state index in [0.29, 0.717) is 5.56 Å². The first kappa shape index (κ1) is 14.2. The summed E-state index contributed by atoms with van der Waals surface area (Å²) in [6, 6.07) is 3.13. The number of hydrogen-bond acceptors (Lipinski definition) is 3. The first-order valence-electron chi connectivity index (χ1n) is 5.76. The fourth-order valence-electron chi connectivity index (χ4n) is 1.62. The van der Waals surface area contributed by atoms with Gasteiger partial charge in [0.05, 0.1) is 17.8 Å². The molecular formula is C13H11F4N3. The molecule has 0 aromatic carbocycles. The van der Waals surface area contributed by atoms with Crippen LogP contribution < -0.4 is 5.32 Å². The lowest BCUT2D eigenvalue weighted by Gasteiger charge is -2.15. The van der Waals surface area contributed by atoms with Gasteiger partial charge in [-0.1, -0.05) is 0 Å². The van der Waals surface area contributed by atoms with Crippen LogP contribution in [0.1, 0.15) is 24.1 Å². The Hall–Kier alpha value is -2.18. The molecule has 0 aliphatic rings. The summed E-state index contributed by atoms with van der Waals surface area (Å²) in [6.07, 6.45) is -1.11. The van der Waals surface area contributed by atoms with E-state index in [9.17, 15) is 17.6 Å². The minimum Gasteiger partial charge on any atom is -0.363 e. The Morgan fingerprint density at radius 3 is 2.45 bits per heavy atom. The van der Waals surface area contributed by atoms with Crippen LogP contribution in [0.3, 0.4) is 0 Å². The maximum atomic E-state index is 13.0. The van der Waals surface area contributed by atoms with Gasteiger partial charge >= 0.3 is 6.18 Å². The number of rotatable bonds is 3. The second-order valence-electron chi connectivity index (χ2n) is 4.23. The maximum absolute atomic E-state index is 13.0. The van der Waals surface area contributed by atoms with E-state index in [4.69, 9.17) is 0 Å². The summed E-state index contributed by atoms with van der Waals surface area (Å²) in [7, 11) is 0. The summed E-state index contributed by atoms with van der Waals surface area (Å²) in [5, 5.41) is 2.88. The van der Waals surface area contributed by atoms with Crippen LogP contribution in [0.5, 0.6) is 0 Å². The van der Waals surface area contributed by atoms with E-state index in [-0.39, 0.29) is 11.9 Å². The normalized spacial score (nSPS) is 13.1. The molecule has 0 radical (unpaired) electrons. The van der Waals surface area contributed by atoms with E-state index < -0.39 is 17.6 Å². The molecule has 2 aromatic rings. The monoisotopic (exact) mass is 285 g/mol. The van der Waals surface area contributed by atoms with Crippen LogP contribution in [0.4, 0.5) is 23.4 Å². The van der Waals surface area contributed by atoms with Crippen molar-refractivity contribution in [3.05, 3.63) is 53.7 Å². The number of halogens is 4. The van der Waals surface area contributed by atoms with Crippen LogP contribution in [-0.2, 0) is 6.18 Å². The van der Waals surface area contributed by atoms with Gasteiger partial charge in [-0.05, 0) is 30.7 Å². The van der Waals surface area contributed by atoms with E-state index in [2.05, 4.69) is 15.3 Å². The summed E-state index contributed by atoms with van der Waals surface area (Å²) in [5.41, 5.74) is -0.241. The Bertz CT molecular complexity index is 581. The maximum Gasteiger partial charge on any atom is 0.417 e. The van der Waals surface area contributed by atoms with E-state index in [1.165, 1.54) is 18.3 Å². The molecule has 1 N–H and O–H groups in total. The van der Waals surface area contributed by atoms with Gasteiger partial charge in [0, 0.05) is 12.4 Å². The minimum absolute atomic E-state index is 0.273. The molecule has 0 fully saturated rings. The molecule has 106 valence electrons. The highest BCUT2D eigenvalue weighted by Gasteiger charge is 2.30. The summed E-state index contributed by atoms with van der Waals surface area (Å²) >= 11 is 0. The van der Waals surface area contributed by atoms with Crippen molar-refractivity contribution < 1.29 is 17.6 Å². The Balaban J connectivity index is 2.10. The number of alkyl halides is 3. The fraction of sp³-hybridized carbons (Fsp3) is 0.231. The molecule has 3 nitrogen and oxygen atoms in total. The van der Waals surface area contributed by atoms with Gasteiger partial charge in [0.2, 0.25) is 0 Å². The van der Waals surface area contributed by atoms with Crippen LogP contribution in [0.15, 0.2) is 36.8 Å². The number of aromatic nitrogens is 2. The van der Waals surface area contributed by atoms with E-state index in [1.807, 2.05) is 0 Å². The number of hydrogen-bond donors (Lipinski definition) is 1. The summed E-state index contributed by atoms with van der Waals surface area (Å²) in [6.45, 7) is 1.73. The van der Waals surface area contributed by atoms with Crippen LogP contribution in [-0.4, -0.2) is 9.97 Å². The average molecular weight is 285 g/mol. The summed E-state index contributed by atoms with van der Waals surface area (Å²) in [4.78, 5) is 7.40. The average Bonchev–Trinajstić information content (AvgIpc) is 2.38. The van der Waals surface area contributed by atoms with Crippen molar-refractivity contribution in [1.29, 1.82) is 0 Å². The van der Waals surface area contributed by atoms with Crippen molar-refractivity contribution in [2.24, 2.45) is 0 Å². The van der Waals surface area contributed by atoms with Crippen LogP contribution in [0.25, 0.3) is 0 Å². The van der Waals surface area contributed by atoms with Gasteiger partial charge in [-0.2, -0.15) is 13.2 Å². The number of anilines is 1. The second-order valence-corrected chi connectivity index (χ2v) is 4.23. The van der Waals surface area contributed by atoms with Crippen LogP contribution in [0, 0.1) is 5.82 Å². The molecule has 0 amide bonds. The number of nitrogens with one attached hydrogen (secondary N) is 1. The Morgan fingerprint density at radius 2 is 1.90 bits per heavy atom. The smallest absolute Gasteiger partial charge is 0.363 e. The standard InChI is InChI=1S/C13H11F4N3/c1-8(9-4-11(14)7-18-5-9)20-12-3-2-10(6-19-12)13(15,16)17/h2-8H,1H3,(H,19,20). The van der Waals surface area contributed by atoms with Crippen LogP contribution >= 0.6 is 0 Å². The first-order chi connectivity index (χ1) is 9.36. The highest BCUT2D eigenvalue weighted by molar-refractivity contribution is 5.39. The second kappa shape index (κ2) is 5.44. The minimum atomic E-state index is -4.41. The predicted molar refractivity (Wildman–Crippen MR) is 65.5 cm³/mol. The highest BCUT2D eigenvalue weighted by atomic mass is 19.4. The quantitative estimate of drug-likeness (QED) is 0.871. The zero-order valence-corrected chi connectivity index (χ0v) is 10.4. The lowest BCUT2D eigenvalue weighted by Crippen LogP contribution is -2.10. The number of nitrogens with zero attached hydrogens (tertiary/aromatic N) is 2. The molecule has 1 unspecified atom stereocenters. The fourth-order valence-corrected chi connectivity index (χ4v) is 1.62. The van der Waals surface area contributed by atoms with Gasteiger partial charge in [-0.15, -0.1) is 0 Å². The Morgan fingerprint density at radius 1 is 1.15 bits per heavy atom. The largest absolute Gasteiger partial charge is 0.417 e. The van der Waals surface area contributed by atoms with Crippen molar-refractivity contribution in [3.63, 3.8) is 0 Å². The lowest BCUT2D eigenvalue weighted by molar-refractivity contribution is -0.137. The Kier molecular flexibility index (Phi) is 3.87. The molecule has 0 saturated carbocycles. The molecule has 2 aromatic heterocycles. The van der Waals surface area contributed by atoms with Gasteiger partial charge in [0.1, 0.15) is 11.6 Å². The van der Waals surface area contributed by atoms with E-state index >= 15 is 0 Å². The predicted octanol–water partition coefficient (Wildman–Crippen LogP) is 3.81. The Labute approximate surface area is 112 Å². The SMILES string of the molecule is CC(Nc1ccc(C(F)(F)F)cn1)c1cncc(F)c1. The van der Waals surface area contributed by atoms with Crippen molar-refractivity contribution in [2.75, 3.05) is 5.32 Å². The van der Waals surface area contributed by atoms with Crippen molar-refractivity contribution in [3.8, 4) is 0 Å². The topological polar surface area (TPSA) is 37.8 Å². The first-order valence-corrected chi connectivity index (χ1v) is 5.76. The zero-order valence-electron chi connectivity index (χ0n) is 10.4. The summed E-state index contributed by atoms with van der Waals surface area (Å²) < 4.78 is 50.2. The molecule has 0 aliphatic heterocycles. The van der Waals surface area contributed by atoms with E-state index in [1.54, 1.807) is 6.92 Å². The van der Waals surface area contributed by atoms with Crippen LogP contribution in [0.2, 0.25) is 0 Å². The third kappa shape index (κ3) is 3.43. The van der Waals surface area contributed by atoms with Crippen molar-refractivity contribution in [1.82, 2.24) is 9.97 Å². The van der Waals surface area contributed by atoms with Gasteiger partial charge < -0.3 is 5.32 Å². The van der Waals surface area contributed by atoms with Gasteiger partial charge in [0.15, 0.2) is 0 Å². The van der Waals surface area contributed by atoms with Gasteiger partial charge in [0.25, 0.3) is 0 Å². The third-order valence-corrected chi connectivity index (χ3v) is 2.68. The molecule has 20 heavy (non-hydrogen) atoms. The molecule has 2 heterocycles. The molecule has 0 spiro atoms. The zero-order chi connectivity index (χ0) is 14.8. The molecular weight excluding hydrogens is 274 g/mol. The summed E-state index contributed by atoms with van der Waals surface area (Å²) in [5.74, 6) is -0.203. The van der Waals surface area contributed by atoms with Crippen molar-refractivity contribution >= 4 is 5.82 Å². The van der Waals surface area contributed by atoms with Gasteiger partial charge in [-0.3, -0.25) is 4.98 Å². The van der Waals surface area contributed by atoms with E-state index in [0.717, 1.165) is 18.5 Å². The number of pyridine rings is 2. The lowest BCUT2D eigenvalue weighted by atomic mass is 10.1. The van der Waals surface area contributed by atoms with Crippen molar-refractivity contribution in [2.45, 2.75) is 19.1 Å². The molecule has 2 rings (SSSR count).